The van der Waals surface area contributed by atoms with Crippen LogP contribution in [0.1, 0.15) is 5.76 Å². The van der Waals surface area contributed by atoms with Crippen LogP contribution in [-0.4, -0.2) is 18.3 Å². The van der Waals surface area contributed by atoms with Gasteiger partial charge < -0.3 is 4.42 Å². The summed E-state index contributed by atoms with van der Waals surface area (Å²) in [6, 6.07) is 5.42. The molecule has 17 heavy (non-hydrogen) atoms. The van der Waals surface area contributed by atoms with E-state index >= 15 is 0 Å². The summed E-state index contributed by atoms with van der Waals surface area (Å²) in [6.07, 6.45) is 8.11. The first-order valence-corrected chi connectivity index (χ1v) is 7.16. The highest BCUT2D eigenvalue weighted by molar-refractivity contribution is 8.21. The van der Waals surface area contributed by atoms with Crippen molar-refractivity contribution in [3.8, 4) is 6.07 Å². The van der Waals surface area contributed by atoms with E-state index in [1.165, 1.54) is 35.9 Å². The number of nitrogens with zero attached hydrogens (tertiary/aromatic N) is 1. The molecule has 0 aliphatic rings. The summed E-state index contributed by atoms with van der Waals surface area (Å²) in [7, 11) is 0. The molecule has 0 atom stereocenters. The van der Waals surface area contributed by atoms with Gasteiger partial charge in [0.25, 0.3) is 0 Å². The Bertz CT molecular complexity index is 475. The summed E-state index contributed by atoms with van der Waals surface area (Å²) in [5.74, 6) is 0.285. The minimum atomic E-state index is -0.303. The molecule has 0 amide bonds. The first-order valence-electron chi connectivity index (χ1n) is 4.71. The molecular formula is C12H11NO2S2. The summed E-state index contributed by atoms with van der Waals surface area (Å²) in [5, 5.41) is 8.97. The van der Waals surface area contributed by atoms with Crippen LogP contribution in [0.4, 0.5) is 0 Å². The predicted molar refractivity (Wildman–Crippen MR) is 72.4 cm³/mol. The van der Waals surface area contributed by atoms with Gasteiger partial charge in [-0.25, -0.2) is 0 Å². The fraction of sp³-hybridized carbons (Fsp3) is 0.167. The van der Waals surface area contributed by atoms with Gasteiger partial charge in [0.05, 0.1) is 10.5 Å². The Morgan fingerprint density at radius 3 is 2.65 bits per heavy atom. The quantitative estimate of drug-likeness (QED) is 0.604. The van der Waals surface area contributed by atoms with Crippen molar-refractivity contribution in [3.63, 3.8) is 0 Å². The Hall–Kier alpha value is -1.38. The molecule has 0 N–H and O–H groups in total. The lowest BCUT2D eigenvalue weighted by atomic mass is 10.2. The van der Waals surface area contributed by atoms with Gasteiger partial charge >= 0.3 is 0 Å². The van der Waals surface area contributed by atoms with Crippen LogP contribution >= 0.6 is 23.5 Å². The predicted octanol–water partition coefficient (Wildman–Crippen LogP) is 3.32. The Kier molecular flexibility index (Phi) is 5.67. The van der Waals surface area contributed by atoms with Crippen molar-refractivity contribution in [3.05, 3.63) is 40.0 Å². The Balaban J connectivity index is 2.89. The van der Waals surface area contributed by atoms with Crippen molar-refractivity contribution in [1.82, 2.24) is 0 Å². The molecule has 0 radical (unpaired) electrons. The number of rotatable bonds is 5. The van der Waals surface area contributed by atoms with Crippen LogP contribution in [0.2, 0.25) is 0 Å². The Morgan fingerprint density at radius 1 is 1.47 bits per heavy atom. The average Bonchev–Trinajstić information content (AvgIpc) is 2.85. The van der Waals surface area contributed by atoms with Crippen molar-refractivity contribution in [2.75, 3.05) is 12.5 Å². The molecule has 0 saturated heterocycles. The summed E-state index contributed by atoms with van der Waals surface area (Å²) in [5.41, 5.74) is 0.174. The number of hydrogen-bond acceptors (Lipinski definition) is 5. The zero-order valence-corrected chi connectivity index (χ0v) is 11.1. The van der Waals surface area contributed by atoms with E-state index in [1.807, 2.05) is 18.6 Å². The van der Waals surface area contributed by atoms with Gasteiger partial charge in [0.2, 0.25) is 0 Å². The number of furan rings is 1. The van der Waals surface area contributed by atoms with Crippen LogP contribution in [0, 0.1) is 11.3 Å². The number of nitriles is 1. The molecule has 0 aromatic carbocycles. The van der Waals surface area contributed by atoms with E-state index in [9.17, 15) is 4.79 Å². The third-order valence-electron chi connectivity index (χ3n) is 1.88. The number of allylic oxidation sites excluding steroid dienone is 2. The van der Waals surface area contributed by atoms with Gasteiger partial charge in [-0.15, -0.1) is 23.5 Å². The third-order valence-corrected chi connectivity index (χ3v) is 4.03. The smallest absolute Gasteiger partial charge is 0.198 e. The van der Waals surface area contributed by atoms with E-state index in [-0.39, 0.29) is 11.4 Å². The van der Waals surface area contributed by atoms with Crippen molar-refractivity contribution >= 4 is 35.4 Å². The molecule has 88 valence electrons. The number of thioether (sulfide) groups is 2. The van der Waals surface area contributed by atoms with Gasteiger partial charge in [0, 0.05) is 0 Å². The molecule has 0 aliphatic heterocycles. The Labute approximate surface area is 109 Å². The maximum Gasteiger partial charge on any atom is 0.198 e. The Morgan fingerprint density at radius 2 is 2.18 bits per heavy atom. The lowest BCUT2D eigenvalue weighted by Crippen LogP contribution is -1.98. The van der Waals surface area contributed by atoms with E-state index in [0.717, 1.165) is 4.24 Å². The molecular weight excluding hydrogens is 254 g/mol. The molecule has 3 nitrogen and oxygen atoms in total. The molecule has 0 unspecified atom stereocenters. The van der Waals surface area contributed by atoms with Gasteiger partial charge in [-0.3, -0.25) is 4.79 Å². The first-order chi connectivity index (χ1) is 8.22. The molecule has 0 saturated carbocycles. The van der Waals surface area contributed by atoms with E-state index in [2.05, 4.69) is 0 Å². The van der Waals surface area contributed by atoms with Gasteiger partial charge in [-0.2, -0.15) is 5.26 Å². The van der Waals surface area contributed by atoms with E-state index in [0.29, 0.717) is 5.76 Å². The van der Waals surface area contributed by atoms with E-state index < -0.39 is 0 Å². The number of hydrogen-bond donors (Lipinski definition) is 0. The summed E-state index contributed by atoms with van der Waals surface area (Å²) < 4.78 is 5.79. The van der Waals surface area contributed by atoms with Crippen LogP contribution in [0.3, 0.4) is 0 Å². The number of carbonyl (C=O) groups excluding carboxylic acids is 1. The van der Waals surface area contributed by atoms with Crippen LogP contribution < -0.4 is 0 Å². The van der Waals surface area contributed by atoms with E-state index in [1.54, 1.807) is 18.2 Å². The summed E-state index contributed by atoms with van der Waals surface area (Å²) >= 11 is 2.79. The topological polar surface area (TPSA) is 54.0 Å². The van der Waals surface area contributed by atoms with Gasteiger partial charge in [0.1, 0.15) is 17.4 Å². The molecule has 1 rings (SSSR count). The van der Waals surface area contributed by atoms with Gasteiger partial charge in [0.15, 0.2) is 5.78 Å². The monoisotopic (exact) mass is 265 g/mol. The van der Waals surface area contributed by atoms with Gasteiger partial charge in [-0.05, 0) is 36.8 Å². The second-order valence-corrected chi connectivity index (χ2v) is 4.79. The molecule has 0 aliphatic carbocycles. The molecule has 1 aromatic heterocycles. The van der Waals surface area contributed by atoms with Crippen molar-refractivity contribution < 1.29 is 9.21 Å². The number of ketones is 1. The summed E-state index contributed by atoms with van der Waals surface area (Å²) in [4.78, 5) is 11.8. The second kappa shape index (κ2) is 7.05. The maximum atomic E-state index is 11.8. The van der Waals surface area contributed by atoms with Gasteiger partial charge in [-0.1, -0.05) is 0 Å². The lowest BCUT2D eigenvalue weighted by Gasteiger charge is -2.00. The first kappa shape index (κ1) is 13.7. The molecule has 0 bridgehead atoms. The van der Waals surface area contributed by atoms with Crippen molar-refractivity contribution in [2.45, 2.75) is 0 Å². The highest BCUT2D eigenvalue weighted by Crippen LogP contribution is 2.27. The largest absolute Gasteiger partial charge is 0.465 e. The number of carbonyl (C=O) groups is 1. The molecule has 5 heteroatoms. The van der Waals surface area contributed by atoms with Crippen LogP contribution in [0.5, 0.6) is 0 Å². The normalized spacial score (nSPS) is 10.2. The average molecular weight is 265 g/mol. The summed E-state index contributed by atoms with van der Waals surface area (Å²) in [6.45, 7) is 0. The lowest BCUT2D eigenvalue weighted by molar-refractivity contribution is -0.110. The zero-order chi connectivity index (χ0) is 12.7. The van der Waals surface area contributed by atoms with Crippen molar-refractivity contribution in [2.24, 2.45) is 0 Å². The fourth-order valence-electron chi connectivity index (χ4n) is 1.12. The standard InChI is InChI=1S/C12H11NO2S2/c1-16-12(17-2)10(8-13)11(14)6-5-9-4-3-7-15-9/h3-7H,1-2H3/b6-5+. The SMILES string of the molecule is CSC(SC)=C(C#N)C(=O)/C=C/c1ccco1. The minimum absolute atomic E-state index is 0.174. The van der Waals surface area contributed by atoms with E-state index in [4.69, 9.17) is 9.68 Å². The van der Waals surface area contributed by atoms with Crippen molar-refractivity contribution in [1.29, 1.82) is 5.26 Å². The molecule has 0 fully saturated rings. The van der Waals surface area contributed by atoms with Crippen LogP contribution in [0.15, 0.2) is 38.7 Å². The minimum Gasteiger partial charge on any atom is -0.465 e. The highest BCUT2D eigenvalue weighted by atomic mass is 32.2. The zero-order valence-electron chi connectivity index (χ0n) is 9.47. The second-order valence-electron chi connectivity index (χ2n) is 2.90. The molecule has 0 spiro atoms. The maximum absolute atomic E-state index is 11.8. The molecule has 1 aromatic rings. The third kappa shape index (κ3) is 3.84. The fourth-order valence-corrected chi connectivity index (χ4v) is 2.48. The van der Waals surface area contributed by atoms with Crippen LogP contribution in [-0.2, 0) is 4.79 Å². The highest BCUT2D eigenvalue weighted by Gasteiger charge is 2.11. The molecule has 1 heterocycles. The van der Waals surface area contributed by atoms with Crippen LogP contribution in [0.25, 0.3) is 6.08 Å².